The Morgan fingerprint density at radius 1 is 1.43 bits per heavy atom. The van der Waals surface area contributed by atoms with Crippen molar-refractivity contribution in [1.82, 2.24) is 15.2 Å². The summed E-state index contributed by atoms with van der Waals surface area (Å²) in [5.41, 5.74) is 4.73. The van der Waals surface area contributed by atoms with E-state index in [2.05, 4.69) is 38.6 Å². The molecule has 1 unspecified atom stereocenters. The number of hydrogen-bond acceptors (Lipinski definition) is 4. The monoisotopic (exact) mass is 388 g/mol. The Bertz CT molecular complexity index is 600. The summed E-state index contributed by atoms with van der Waals surface area (Å²) in [5.74, 6) is 6.53. The van der Waals surface area contributed by atoms with E-state index in [0.717, 1.165) is 33.1 Å². The molecule has 1 aromatic heterocycles. The molecule has 0 fully saturated rings. The number of hydrogen-bond donors (Lipinski definition) is 2. The number of aromatic nitrogens is 2. The molecule has 0 saturated heterocycles. The van der Waals surface area contributed by atoms with E-state index in [1.165, 1.54) is 4.90 Å². The molecule has 0 saturated carbocycles. The van der Waals surface area contributed by atoms with E-state index < -0.39 is 0 Å². The van der Waals surface area contributed by atoms with Crippen molar-refractivity contribution in [2.75, 3.05) is 5.75 Å². The van der Waals surface area contributed by atoms with Crippen LogP contribution in [0.3, 0.4) is 0 Å². The number of benzene rings is 1. The molecule has 2 aromatic rings. The standard InChI is InChI=1S/C14H18BrClN4S/c1-9-14(16)13(20(2)19-9)7-11(18-17)8-21-12-5-3-10(15)4-6-12/h3-6,11,18H,7-8,17H2,1-2H3. The average molecular weight is 390 g/mol. The number of nitrogens with two attached hydrogens (primary N) is 1. The van der Waals surface area contributed by atoms with Crippen LogP contribution in [-0.4, -0.2) is 21.6 Å². The van der Waals surface area contributed by atoms with Gasteiger partial charge in [-0.25, -0.2) is 0 Å². The maximum atomic E-state index is 6.29. The van der Waals surface area contributed by atoms with Crippen LogP contribution < -0.4 is 11.3 Å². The molecule has 3 N–H and O–H groups in total. The second-order valence-corrected chi connectivity index (χ2v) is 7.19. The van der Waals surface area contributed by atoms with E-state index in [1.807, 2.05) is 30.8 Å². The van der Waals surface area contributed by atoms with E-state index in [0.29, 0.717) is 0 Å². The van der Waals surface area contributed by atoms with Crippen LogP contribution in [0.5, 0.6) is 0 Å². The van der Waals surface area contributed by atoms with Gasteiger partial charge in [-0.2, -0.15) is 5.10 Å². The largest absolute Gasteiger partial charge is 0.271 e. The minimum atomic E-state index is 0.131. The number of halogens is 2. The third kappa shape index (κ3) is 4.47. The van der Waals surface area contributed by atoms with Gasteiger partial charge in [-0.3, -0.25) is 16.0 Å². The van der Waals surface area contributed by atoms with Gasteiger partial charge in [0.2, 0.25) is 0 Å². The minimum Gasteiger partial charge on any atom is -0.271 e. The molecular formula is C14H18BrClN4S. The minimum absolute atomic E-state index is 0.131. The zero-order valence-corrected chi connectivity index (χ0v) is 15.1. The fourth-order valence-corrected chi connectivity index (χ4v) is 3.47. The van der Waals surface area contributed by atoms with Crippen molar-refractivity contribution in [3.63, 3.8) is 0 Å². The van der Waals surface area contributed by atoms with Gasteiger partial charge in [0.05, 0.1) is 16.4 Å². The number of aryl methyl sites for hydroxylation is 2. The van der Waals surface area contributed by atoms with Crippen LogP contribution in [0, 0.1) is 6.92 Å². The molecule has 1 aromatic carbocycles. The van der Waals surface area contributed by atoms with E-state index >= 15 is 0 Å². The molecule has 0 aliphatic carbocycles. The van der Waals surface area contributed by atoms with Crippen molar-refractivity contribution >= 4 is 39.3 Å². The highest BCUT2D eigenvalue weighted by atomic mass is 79.9. The Morgan fingerprint density at radius 3 is 2.62 bits per heavy atom. The van der Waals surface area contributed by atoms with Crippen molar-refractivity contribution in [3.8, 4) is 0 Å². The molecule has 0 amide bonds. The Kier molecular flexibility index (Phi) is 6.13. The molecule has 0 radical (unpaired) electrons. The maximum absolute atomic E-state index is 6.29. The van der Waals surface area contributed by atoms with Gasteiger partial charge in [0.15, 0.2) is 0 Å². The van der Waals surface area contributed by atoms with Gasteiger partial charge in [-0.1, -0.05) is 27.5 Å². The summed E-state index contributed by atoms with van der Waals surface area (Å²) in [5, 5.41) is 5.06. The van der Waals surface area contributed by atoms with Gasteiger partial charge in [0.1, 0.15) is 0 Å². The zero-order valence-electron chi connectivity index (χ0n) is 11.9. The Morgan fingerprint density at radius 2 is 2.10 bits per heavy atom. The number of hydrazine groups is 1. The van der Waals surface area contributed by atoms with Gasteiger partial charge in [0, 0.05) is 34.6 Å². The van der Waals surface area contributed by atoms with Crippen LogP contribution in [0.4, 0.5) is 0 Å². The van der Waals surface area contributed by atoms with Gasteiger partial charge in [-0.15, -0.1) is 11.8 Å². The van der Waals surface area contributed by atoms with Gasteiger partial charge >= 0.3 is 0 Å². The van der Waals surface area contributed by atoms with Gasteiger partial charge in [0.25, 0.3) is 0 Å². The van der Waals surface area contributed by atoms with Crippen LogP contribution in [0.25, 0.3) is 0 Å². The lowest BCUT2D eigenvalue weighted by Gasteiger charge is -2.16. The molecular weight excluding hydrogens is 372 g/mol. The molecule has 0 bridgehead atoms. The molecule has 4 nitrogen and oxygen atoms in total. The highest BCUT2D eigenvalue weighted by molar-refractivity contribution is 9.10. The SMILES string of the molecule is Cc1nn(C)c(CC(CSc2ccc(Br)cc2)NN)c1Cl. The van der Waals surface area contributed by atoms with E-state index in [-0.39, 0.29) is 6.04 Å². The average Bonchev–Trinajstić information content (AvgIpc) is 2.71. The van der Waals surface area contributed by atoms with E-state index in [1.54, 1.807) is 11.8 Å². The number of thioether (sulfide) groups is 1. The van der Waals surface area contributed by atoms with Gasteiger partial charge in [-0.05, 0) is 31.2 Å². The molecule has 2 rings (SSSR count). The third-order valence-corrected chi connectivity index (χ3v) is 5.40. The third-order valence-electron chi connectivity index (χ3n) is 3.20. The first-order valence-corrected chi connectivity index (χ1v) is 8.69. The topological polar surface area (TPSA) is 55.9 Å². The summed E-state index contributed by atoms with van der Waals surface area (Å²) >= 11 is 11.5. The Balaban J connectivity index is 1.98. The zero-order chi connectivity index (χ0) is 15.4. The summed E-state index contributed by atoms with van der Waals surface area (Å²) in [6.07, 6.45) is 0.746. The maximum Gasteiger partial charge on any atom is 0.0847 e. The summed E-state index contributed by atoms with van der Waals surface area (Å²) in [6, 6.07) is 8.38. The quantitative estimate of drug-likeness (QED) is 0.452. The van der Waals surface area contributed by atoms with Crippen molar-refractivity contribution in [2.24, 2.45) is 12.9 Å². The highest BCUT2D eigenvalue weighted by Crippen LogP contribution is 2.24. The molecule has 7 heteroatoms. The first kappa shape index (κ1) is 16.8. The van der Waals surface area contributed by atoms with Crippen LogP contribution in [-0.2, 0) is 13.5 Å². The molecule has 0 aliphatic heterocycles. The smallest absolute Gasteiger partial charge is 0.0847 e. The molecule has 0 spiro atoms. The molecule has 1 heterocycles. The first-order chi connectivity index (χ1) is 10.0. The van der Waals surface area contributed by atoms with Crippen molar-refractivity contribution in [3.05, 3.63) is 45.1 Å². The lowest BCUT2D eigenvalue weighted by Crippen LogP contribution is -2.39. The fourth-order valence-electron chi connectivity index (χ4n) is 2.03. The van der Waals surface area contributed by atoms with Crippen LogP contribution in [0.15, 0.2) is 33.6 Å². The Hall–Kier alpha value is -0.530. The number of nitrogens with one attached hydrogen (secondary N) is 1. The number of nitrogens with zero attached hydrogens (tertiary/aromatic N) is 2. The van der Waals surface area contributed by atoms with E-state index in [9.17, 15) is 0 Å². The van der Waals surface area contributed by atoms with Crippen molar-refractivity contribution in [1.29, 1.82) is 0 Å². The highest BCUT2D eigenvalue weighted by Gasteiger charge is 2.16. The van der Waals surface area contributed by atoms with Crippen molar-refractivity contribution < 1.29 is 0 Å². The molecule has 114 valence electrons. The predicted molar refractivity (Wildman–Crippen MR) is 92.6 cm³/mol. The van der Waals surface area contributed by atoms with E-state index in [4.69, 9.17) is 17.4 Å². The number of rotatable bonds is 6. The van der Waals surface area contributed by atoms with Crippen LogP contribution >= 0.6 is 39.3 Å². The molecule has 1 atom stereocenters. The first-order valence-electron chi connectivity index (χ1n) is 6.53. The molecule has 21 heavy (non-hydrogen) atoms. The fraction of sp³-hybridized carbons (Fsp3) is 0.357. The Labute approximate surface area is 142 Å². The molecule has 0 aliphatic rings. The normalized spacial score (nSPS) is 12.6. The lowest BCUT2D eigenvalue weighted by atomic mass is 10.2. The summed E-state index contributed by atoms with van der Waals surface area (Å²) in [6.45, 7) is 1.91. The van der Waals surface area contributed by atoms with Crippen molar-refractivity contribution in [2.45, 2.75) is 24.3 Å². The summed E-state index contributed by atoms with van der Waals surface area (Å²) in [7, 11) is 1.91. The lowest BCUT2D eigenvalue weighted by molar-refractivity contribution is 0.551. The predicted octanol–water partition coefficient (Wildman–Crippen LogP) is 3.31. The summed E-state index contributed by atoms with van der Waals surface area (Å²) in [4.78, 5) is 1.21. The van der Waals surface area contributed by atoms with Crippen LogP contribution in [0.1, 0.15) is 11.4 Å². The summed E-state index contributed by atoms with van der Waals surface area (Å²) < 4.78 is 2.91. The van der Waals surface area contributed by atoms with Crippen LogP contribution in [0.2, 0.25) is 5.02 Å². The second kappa shape index (κ2) is 7.65. The van der Waals surface area contributed by atoms with Gasteiger partial charge < -0.3 is 0 Å². The second-order valence-electron chi connectivity index (χ2n) is 4.80.